The van der Waals surface area contributed by atoms with Crippen LogP contribution >= 0.6 is 11.3 Å². The van der Waals surface area contributed by atoms with Crippen molar-refractivity contribution in [1.29, 1.82) is 0 Å². The van der Waals surface area contributed by atoms with E-state index in [9.17, 15) is 19.8 Å². The van der Waals surface area contributed by atoms with Crippen LogP contribution in [0.15, 0.2) is 58.8 Å². The molecular formula is C24H22N4O4S. The van der Waals surface area contributed by atoms with Crippen molar-refractivity contribution in [2.75, 3.05) is 0 Å². The van der Waals surface area contributed by atoms with Gasteiger partial charge in [0.05, 0.1) is 5.69 Å². The van der Waals surface area contributed by atoms with Crippen molar-refractivity contribution >= 4 is 33.9 Å². The lowest BCUT2D eigenvalue weighted by Gasteiger charge is -2.04. The number of nitrogens with zero attached hydrogens (tertiary/aromatic N) is 4. The molecule has 0 aliphatic heterocycles. The Hall–Kier alpha value is -3.85. The number of rotatable bonds is 6. The average Bonchev–Trinajstić information content (AvgIpc) is 3.34. The first-order valence-corrected chi connectivity index (χ1v) is 11.3. The Morgan fingerprint density at radius 3 is 2.42 bits per heavy atom. The van der Waals surface area contributed by atoms with E-state index in [4.69, 9.17) is 0 Å². The van der Waals surface area contributed by atoms with E-state index in [1.807, 2.05) is 37.3 Å². The molecule has 0 saturated heterocycles. The minimum Gasteiger partial charge on any atom is -0.494 e. The van der Waals surface area contributed by atoms with E-state index in [-0.39, 0.29) is 17.3 Å². The monoisotopic (exact) mass is 462 g/mol. The van der Waals surface area contributed by atoms with Crippen molar-refractivity contribution in [2.45, 2.75) is 33.2 Å². The molecule has 0 aliphatic rings. The van der Waals surface area contributed by atoms with Gasteiger partial charge in [-0.15, -0.1) is 21.6 Å². The molecule has 4 aromatic rings. The molecule has 0 spiro atoms. The second-order valence-electron chi connectivity index (χ2n) is 7.52. The van der Waals surface area contributed by atoms with E-state index in [1.54, 1.807) is 6.92 Å². The zero-order valence-corrected chi connectivity index (χ0v) is 19.0. The van der Waals surface area contributed by atoms with Crippen molar-refractivity contribution in [3.05, 3.63) is 64.7 Å². The summed E-state index contributed by atoms with van der Waals surface area (Å²) in [4.78, 5) is 29.8. The number of hydrogen-bond donors (Lipinski definition) is 2. The molecule has 8 nitrogen and oxygen atoms in total. The van der Waals surface area contributed by atoms with Gasteiger partial charge in [-0.25, -0.2) is 4.98 Å². The SMILES string of the molecule is CCCCn1c(O)c2ccc(C(=O)N=NC(=O)c3sc(-c4ccccc4)nc3C)cc2c1O. The van der Waals surface area contributed by atoms with E-state index in [1.165, 1.54) is 34.1 Å². The fraction of sp³-hybridized carbons (Fsp3) is 0.208. The minimum atomic E-state index is -0.726. The van der Waals surface area contributed by atoms with Gasteiger partial charge in [0, 0.05) is 28.4 Å². The first-order valence-electron chi connectivity index (χ1n) is 10.5. The lowest BCUT2D eigenvalue weighted by molar-refractivity contribution is 0.0948. The number of azo groups is 1. The van der Waals surface area contributed by atoms with Crippen molar-refractivity contribution in [3.8, 4) is 22.3 Å². The summed E-state index contributed by atoms with van der Waals surface area (Å²) in [5.41, 5.74) is 1.55. The van der Waals surface area contributed by atoms with Crippen LogP contribution in [-0.4, -0.2) is 31.6 Å². The maximum absolute atomic E-state index is 12.5. The normalized spacial score (nSPS) is 11.5. The average molecular weight is 463 g/mol. The number of carbonyl (C=O) groups is 2. The molecule has 0 fully saturated rings. The maximum Gasteiger partial charge on any atom is 0.307 e. The van der Waals surface area contributed by atoms with Crippen LogP contribution in [0.2, 0.25) is 0 Å². The summed E-state index contributed by atoms with van der Waals surface area (Å²) in [7, 11) is 0. The second kappa shape index (κ2) is 9.33. The van der Waals surface area contributed by atoms with Gasteiger partial charge in [-0.3, -0.25) is 14.2 Å². The molecule has 2 heterocycles. The number of aryl methyl sites for hydroxylation is 1. The second-order valence-corrected chi connectivity index (χ2v) is 8.52. The van der Waals surface area contributed by atoms with Gasteiger partial charge in [-0.1, -0.05) is 43.7 Å². The van der Waals surface area contributed by atoms with Gasteiger partial charge in [0.25, 0.3) is 5.91 Å². The summed E-state index contributed by atoms with van der Waals surface area (Å²) in [6.07, 6.45) is 1.69. The zero-order chi connectivity index (χ0) is 23.5. The number of benzene rings is 2. The number of aromatic nitrogens is 2. The summed E-state index contributed by atoms with van der Waals surface area (Å²) in [6.45, 7) is 4.18. The van der Waals surface area contributed by atoms with Crippen LogP contribution < -0.4 is 0 Å². The van der Waals surface area contributed by atoms with Crippen LogP contribution in [0.1, 0.15) is 45.5 Å². The highest BCUT2D eigenvalue weighted by Crippen LogP contribution is 2.37. The third-order valence-corrected chi connectivity index (χ3v) is 6.43. The Bertz CT molecular complexity index is 1370. The van der Waals surface area contributed by atoms with Crippen molar-refractivity contribution in [2.24, 2.45) is 10.2 Å². The number of aromatic hydroxyl groups is 2. The van der Waals surface area contributed by atoms with Crippen LogP contribution in [0.25, 0.3) is 21.3 Å². The van der Waals surface area contributed by atoms with Gasteiger partial charge in [-0.05, 0) is 31.5 Å². The summed E-state index contributed by atoms with van der Waals surface area (Å²) in [5, 5.41) is 29.5. The van der Waals surface area contributed by atoms with Gasteiger partial charge >= 0.3 is 5.91 Å². The van der Waals surface area contributed by atoms with E-state index in [2.05, 4.69) is 15.2 Å². The van der Waals surface area contributed by atoms with Crippen LogP contribution in [0, 0.1) is 6.92 Å². The largest absolute Gasteiger partial charge is 0.494 e. The maximum atomic E-state index is 12.5. The van der Waals surface area contributed by atoms with Gasteiger partial charge in [0.1, 0.15) is 9.88 Å². The third-order valence-electron chi connectivity index (χ3n) is 5.24. The lowest BCUT2D eigenvalue weighted by atomic mass is 10.1. The van der Waals surface area contributed by atoms with Crippen LogP contribution in [0.4, 0.5) is 0 Å². The Balaban J connectivity index is 1.55. The van der Waals surface area contributed by atoms with Gasteiger partial charge < -0.3 is 10.2 Å². The molecule has 168 valence electrons. The molecule has 0 radical (unpaired) electrons. The molecule has 0 saturated carbocycles. The van der Waals surface area contributed by atoms with Crippen LogP contribution in [0.3, 0.4) is 0 Å². The van der Waals surface area contributed by atoms with Crippen LogP contribution in [-0.2, 0) is 6.54 Å². The van der Waals surface area contributed by atoms with E-state index in [0.717, 1.165) is 18.4 Å². The Morgan fingerprint density at radius 1 is 1.00 bits per heavy atom. The Morgan fingerprint density at radius 2 is 1.70 bits per heavy atom. The highest BCUT2D eigenvalue weighted by molar-refractivity contribution is 7.17. The molecule has 4 rings (SSSR count). The van der Waals surface area contributed by atoms with Gasteiger partial charge in [0.2, 0.25) is 11.8 Å². The highest BCUT2D eigenvalue weighted by Gasteiger charge is 2.19. The number of amides is 2. The molecule has 0 bridgehead atoms. The van der Waals surface area contributed by atoms with Crippen molar-refractivity contribution in [3.63, 3.8) is 0 Å². The summed E-state index contributed by atoms with van der Waals surface area (Å²) >= 11 is 1.19. The zero-order valence-electron chi connectivity index (χ0n) is 18.1. The highest BCUT2D eigenvalue weighted by atomic mass is 32.1. The molecule has 2 aromatic heterocycles. The van der Waals surface area contributed by atoms with Gasteiger partial charge in [-0.2, -0.15) is 0 Å². The number of fused-ring (bicyclic) bond motifs is 1. The number of unbranched alkanes of at least 4 members (excludes halogenated alkanes) is 1. The van der Waals surface area contributed by atoms with Crippen molar-refractivity contribution in [1.82, 2.24) is 9.55 Å². The Labute approximate surface area is 193 Å². The molecule has 9 heteroatoms. The standard InChI is InChI=1S/C24H22N4O4S/c1-3-4-12-28-23(31)17-11-10-16(13-18(17)24(28)32)20(29)26-27-21(30)19-14(2)25-22(33-19)15-8-6-5-7-9-15/h5-11,13,31-32H,3-4,12H2,1-2H3. The smallest absolute Gasteiger partial charge is 0.307 e. The first kappa shape index (κ1) is 22.3. The molecule has 33 heavy (non-hydrogen) atoms. The summed E-state index contributed by atoms with van der Waals surface area (Å²) < 4.78 is 1.41. The first-order chi connectivity index (χ1) is 15.9. The molecule has 2 N–H and O–H groups in total. The number of thiazole rings is 1. The predicted molar refractivity (Wildman–Crippen MR) is 126 cm³/mol. The summed E-state index contributed by atoms with van der Waals surface area (Å²) in [6, 6.07) is 13.9. The third kappa shape index (κ3) is 4.40. The minimum absolute atomic E-state index is 0.0540. The van der Waals surface area contributed by atoms with Crippen molar-refractivity contribution < 1.29 is 19.8 Å². The Kier molecular flexibility index (Phi) is 6.32. The number of hydrogen-bond acceptors (Lipinski definition) is 6. The van der Waals surface area contributed by atoms with Crippen LogP contribution in [0.5, 0.6) is 11.8 Å². The molecule has 0 atom stereocenters. The fourth-order valence-electron chi connectivity index (χ4n) is 3.47. The van der Waals surface area contributed by atoms with E-state index < -0.39 is 11.8 Å². The lowest BCUT2D eigenvalue weighted by Crippen LogP contribution is -1.97. The van der Waals surface area contributed by atoms with E-state index >= 15 is 0 Å². The molecular weight excluding hydrogens is 440 g/mol. The topological polar surface area (TPSA) is 117 Å². The molecule has 2 aromatic carbocycles. The molecule has 0 aliphatic carbocycles. The molecule has 2 amide bonds. The quantitative estimate of drug-likeness (QED) is 0.356. The van der Waals surface area contributed by atoms with E-state index in [0.29, 0.717) is 32.9 Å². The summed E-state index contributed by atoms with van der Waals surface area (Å²) in [5.74, 6) is -1.54. The molecule has 0 unspecified atom stereocenters. The number of carbonyl (C=O) groups excluding carboxylic acids is 2. The van der Waals surface area contributed by atoms with Gasteiger partial charge in [0.15, 0.2) is 0 Å². The predicted octanol–water partition coefficient (Wildman–Crippen LogP) is 5.72. The fourth-order valence-corrected chi connectivity index (χ4v) is 4.42.